The molecule has 0 saturated heterocycles. The molecule has 0 aromatic heterocycles. The van der Waals surface area contributed by atoms with Crippen molar-refractivity contribution >= 4 is 9.84 Å². The minimum absolute atomic E-state index is 0.0407. The van der Waals surface area contributed by atoms with Crippen molar-refractivity contribution < 1.29 is 13.2 Å². The quantitative estimate of drug-likeness (QED) is 0.818. The van der Waals surface area contributed by atoms with Crippen molar-refractivity contribution in [2.45, 2.75) is 38.7 Å². The third-order valence-corrected chi connectivity index (χ3v) is 3.51. The average Bonchev–Trinajstić information content (AvgIpc) is 2.10. The highest BCUT2D eigenvalue weighted by Crippen LogP contribution is 2.30. The SMILES string of the molecule is Cc1ccc(S(C)(=O)=O)c(OC(C)C)c1C. The van der Waals surface area contributed by atoms with Gasteiger partial charge in [-0.05, 0) is 44.9 Å². The molecule has 0 aliphatic rings. The first kappa shape index (κ1) is 13.0. The molecular formula is C12H18O3S. The van der Waals surface area contributed by atoms with Gasteiger partial charge >= 0.3 is 0 Å². The second-order valence-corrected chi connectivity index (χ2v) is 6.26. The summed E-state index contributed by atoms with van der Waals surface area (Å²) in [5.41, 5.74) is 1.92. The van der Waals surface area contributed by atoms with Crippen molar-refractivity contribution in [1.82, 2.24) is 0 Å². The van der Waals surface area contributed by atoms with Crippen LogP contribution in [-0.2, 0) is 9.84 Å². The molecule has 90 valence electrons. The van der Waals surface area contributed by atoms with Gasteiger partial charge in [-0.3, -0.25) is 0 Å². The summed E-state index contributed by atoms with van der Waals surface area (Å²) in [5, 5.41) is 0. The van der Waals surface area contributed by atoms with Gasteiger partial charge in [0.15, 0.2) is 9.84 Å². The van der Waals surface area contributed by atoms with Gasteiger partial charge in [0, 0.05) is 6.26 Å². The van der Waals surface area contributed by atoms with Crippen molar-refractivity contribution in [3.63, 3.8) is 0 Å². The summed E-state index contributed by atoms with van der Waals surface area (Å²) in [6, 6.07) is 3.41. The standard InChI is InChI=1S/C12H18O3S/c1-8(2)15-12-10(4)9(3)6-7-11(12)16(5,13)14/h6-8H,1-5H3. The van der Waals surface area contributed by atoms with Crippen LogP contribution in [0, 0.1) is 13.8 Å². The zero-order valence-electron chi connectivity index (χ0n) is 10.4. The summed E-state index contributed by atoms with van der Waals surface area (Å²) in [7, 11) is -3.24. The van der Waals surface area contributed by atoms with E-state index in [1.165, 1.54) is 6.26 Å². The van der Waals surface area contributed by atoms with Gasteiger partial charge in [-0.15, -0.1) is 0 Å². The van der Waals surface area contributed by atoms with Gasteiger partial charge in [0.2, 0.25) is 0 Å². The van der Waals surface area contributed by atoms with Crippen molar-refractivity contribution in [3.8, 4) is 5.75 Å². The molecule has 0 atom stereocenters. The molecule has 0 bridgehead atoms. The number of hydrogen-bond acceptors (Lipinski definition) is 3. The molecule has 0 amide bonds. The van der Waals surface area contributed by atoms with Crippen molar-refractivity contribution in [1.29, 1.82) is 0 Å². The Hall–Kier alpha value is -1.03. The van der Waals surface area contributed by atoms with Crippen molar-refractivity contribution in [3.05, 3.63) is 23.3 Å². The van der Waals surface area contributed by atoms with Crippen LogP contribution >= 0.6 is 0 Å². The zero-order chi connectivity index (χ0) is 12.5. The molecule has 1 aromatic carbocycles. The maximum absolute atomic E-state index is 11.6. The first-order valence-electron chi connectivity index (χ1n) is 5.20. The minimum atomic E-state index is -3.24. The lowest BCUT2D eigenvalue weighted by molar-refractivity contribution is 0.234. The summed E-state index contributed by atoms with van der Waals surface area (Å²) in [4.78, 5) is 0.268. The van der Waals surface area contributed by atoms with Crippen LogP contribution in [0.25, 0.3) is 0 Å². The largest absolute Gasteiger partial charge is 0.489 e. The Morgan fingerprint density at radius 1 is 1.19 bits per heavy atom. The normalized spacial score (nSPS) is 11.9. The molecular weight excluding hydrogens is 224 g/mol. The number of hydrogen-bond donors (Lipinski definition) is 0. The molecule has 3 nitrogen and oxygen atoms in total. The molecule has 16 heavy (non-hydrogen) atoms. The molecule has 1 aromatic rings. The average molecular weight is 242 g/mol. The van der Waals surface area contributed by atoms with Crippen molar-refractivity contribution in [2.24, 2.45) is 0 Å². The van der Waals surface area contributed by atoms with Crippen LogP contribution in [0.3, 0.4) is 0 Å². The van der Waals surface area contributed by atoms with E-state index in [1.54, 1.807) is 12.1 Å². The van der Waals surface area contributed by atoms with E-state index < -0.39 is 9.84 Å². The Morgan fingerprint density at radius 3 is 2.19 bits per heavy atom. The Kier molecular flexibility index (Phi) is 3.63. The predicted octanol–water partition coefficient (Wildman–Crippen LogP) is 2.49. The summed E-state index contributed by atoms with van der Waals surface area (Å²) >= 11 is 0. The molecule has 0 heterocycles. The summed E-state index contributed by atoms with van der Waals surface area (Å²) in [6.45, 7) is 7.58. The second kappa shape index (κ2) is 4.45. The van der Waals surface area contributed by atoms with Gasteiger partial charge in [-0.1, -0.05) is 6.07 Å². The van der Waals surface area contributed by atoms with Crippen LogP contribution in [0.2, 0.25) is 0 Å². The Bertz CT molecular complexity index is 487. The topological polar surface area (TPSA) is 43.4 Å². The highest BCUT2D eigenvalue weighted by atomic mass is 32.2. The first-order valence-corrected chi connectivity index (χ1v) is 7.09. The number of rotatable bonds is 3. The highest BCUT2D eigenvalue weighted by molar-refractivity contribution is 7.90. The zero-order valence-corrected chi connectivity index (χ0v) is 11.2. The Balaban J connectivity index is 3.45. The second-order valence-electron chi connectivity index (χ2n) is 4.27. The minimum Gasteiger partial charge on any atom is -0.489 e. The first-order chi connectivity index (χ1) is 7.23. The molecule has 0 aliphatic carbocycles. The number of sulfone groups is 1. The summed E-state index contributed by atoms with van der Waals surface area (Å²) < 4.78 is 28.8. The van der Waals surface area contributed by atoms with Gasteiger partial charge in [0.25, 0.3) is 0 Å². The van der Waals surface area contributed by atoms with Crippen LogP contribution in [0.5, 0.6) is 5.75 Å². The maximum Gasteiger partial charge on any atom is 0.179 e. The predicted molar refractivity (Wildman–Crippen MR) is 64.8 cm³/mol. The third-order valence-electron chi connectivity index (χ3n) is 2.39. The Morgan fingerprint density at radius 2 is 1.75 bits per heavy atom. The number of benzene rings is 1. The van der Waals surface area contributed by atoms with E-state index >= 15 is 0 Å². The number of aryl methyl sites for hydroxylation is 1. The van der Waals surface area contributed by atoms with Gasteiger partial charge in [-0.25, -0.2) is 8.42 Å². The molecule has 0 radical (unpaired) electrons. The Labute approximate surface area is 97.4 Å². The molecule has 0 fully saturated rings. The lowest BCUT2D eigenvalue weighted by atomic mass is 10.1. The van der Waals surface area contributed by atoms with Crippen LogP contribution in [0.4, 0.5) is 0 Å². The van der Waals surface area contributed by atoms with Gasteiger partial charge in [0.1, 0.15) is 10.6 Å². The molecule has 0 unspecified atom stereocenters. The summed E-state index contributed by atoms with van der Waals surface area (Å²) in [6.07, 6.45) is 1.16. The lowest BCUT2D eigenvalue weighted by Crippen LogP contribution is -2.11. The van der Waals surface area contributed by atoms with Gasteiger partial charge < -0.3 is 4.74 Å². The van der Waals surface area contributed by atoms with Crippen LogP contribution < -0.4 is 4.74 Å². The van der Waals surface area contributed by atoms with E-state index in [0.717, 1.165) is 11.1 Å². The van der Waals surface area contributed by atoms with E-state index in [9.17, 15) is 8.42 Å². The molecule has 0 saturated carbocycles. The van der Waals surface area contributed by atoms with E-state index in [0.29, 0.717) is 5.75 Å². The maximum atomic E-state index is 11.6. The fraction of sp³-hybridized carbons (Fsp3) is 0.500. The third kappa shape index (κ3) is 2.76. The monoisotopic (exact) mass is 242 g/mol. The van der Waals surface area contributed by atoms with Gasteiger partial charge in [0.05, 0.1) is 6.10 Å². The highest BCUT2D eigenvalue weighted by Gasteiger charge is 2.18. The fourth-order valence-corrected chi connectivity index (χ4v) is 2.29. The number of ether oxygens (including phenoxy) is 1. The molecule has 0 aliphatic heterocycles. The van der Waals surface area contributed by atoms with E-state index in [4.69, 9.17) is 4.74 Å². The molecule has 4 heteroatoms. The molecule has 0 N–H and O–H groups in total. The molecule has 0 spiro atoms. The van der Waals surface area contributed by atoms with E-state index in [1.807, 2.05) is 27.7 Å². The van der Waals surface area contributed by atoms with Crippen LogP contribution in [-0.4, -0.2) is 20.8 Å². The van der Waals surface area contributed by atoms with Crippen molar-refractivity contribution in [2.75, 3.05) is 6.26 Å². The van der Waals surface area contributed by atoms with Crippen LogP contribution in [0.15, 0.2) is 17.0 Å². The fourth-order valence-electron chi connectivity index (χ4n) is 1.44. The van der Waals surface area contributed by atoms with E-state index in [-0.39, 0.29) is 11.0 Å². The smallest absolute Gasteiger partial charge is 0.179 e. The van der Waals surface area contributed by atoms with Gasteiger partial charge in [-0.2, -0.15) is 0 Å². The molecule has 1 rings (SSSR count). The lowest BCUT2D eigenvalue weighted by Gasteiger charge is -2.17. The van der Waals surface area contributed by atoms with Crippen LogP contribution in [0.1, 0.15) is 25.0 Å². The van der Waals surface area contributed by atoms with E-state index in [2.05, 4.69) is 0 Å². The summed E-state index contributed by atoms with van der Waals surface area (Å²) in [5.74, 6) is 0.484.